The van der Waals surface area contributed by atoms with Crippen molar-refractivity contribution in [2.75, 3.05) is 0 Å². The number of pyridine rings is 4. The zero-order valence-electron chi connectivity index (χ0n) is 27.6. The number of nitrogens with zero attached hydrogens (tertiary/aromatic N) is 4. The third-order valence-electron chi connectivity index (χ3n) is 8.09. The Labute approximate surface area is 312 Å². The van der Waals surface area contributed by atoms with Crippen molar-refractivity contribution in [3.63, 3.8) is 0 Å². The predicted octanol–water partition coefficient (Wildman–Crippen LogP) is 11.2. The first-order valence-corrected chi connectivity index (χ1v) is 16.4. The summed E-state index contributed by atoms with van der Waals surface area (Å²) in [7, 11) is 0. The van der Waals surface area contributed by atoms with Gasteiger partial charge in [0.1, 0.15) is 0 Å². The second-order valence-electron chi connectivity index (χ2n) is 11.3. The van der Waals surface area contributed by atoms with E-state index in [1.165, 1.54) is 22.3 Å². The minimum absolute atomic E-state index is 0. The molecule has 0 fully saturated rings. The van der Waals surface area contributed by atoms with Gasteiger partial charge in [-0.1, -0.05) is 109 Å². The smallest absolute Gasteiger partial charge is 0.305 e. The molecule has 0 saturated heterocycles. The van der Waals surface area contributed by atoms with Crippen LogP contribution in [0.15, 0.2) is 195 Å². The molecule has 244 valence electrons. The maximum absolute atomic E-state index is 4.67. The number of hydrogen-bond acceptors (Lipinski definition) is 4. The molecule has 0 N–H and O–H groups in total. The molecular weight excluding hydrogens is 801 g/mol. The van der Waals surface area contributed by atoms with Crippen molar-refractivity contribution in [3.05, 3.63) is 207 Å². The molecule has 0 spiro atoms. The fourth-order valence-corrected chi connectivity index (χ4v) is 5.72. The van der Waals surface area contributed by atoms with Gasteiger partial charge in [-0.05, 0) is 58.0 Å². The average molecular weight is 833 g/mol. The zero-order chi connectivity index (χ0) is 33.8. The molecule has 5 aromatic carbocycles. The molecule has 51 heavy (non-hydrogen) atoms. The van der Waals surface area contributed by atoms with E-state index in [0.717, 1.165) is 44.3 Å². The van der Waals surface area contributed by atoms with Gasteiger partial charge in [-0.25, -0.2) is 0 Å². The number of hydrogen-bond donors (Lipinski definition) is 0. The molecule has 9 rings (SSSR count). The van der Waals surface area contributed by atoms with Crippen LogP contribution in [0.1, 0.15) is 0 Å². The van der Waals surface area contributed by atoms with E-state index in [1.54, 1.807) is 12.4 Å². The maximum atomic E-state index is 4.67. The maximum Gasteiger partial charge on any atom is 3.00 e. The first-order chi connectivity index (χ1) is 24.8. The summed E-state index contributed by atoms with van der Waals surface area (Å²) in [6.07, 6.45) is 7.32. The van der Waals surface area contributed by atoms with Crippen molar-refractivity contribution in [1.29, 1.82) is 0 Å². The van der Waals surface area contributed by atoms with Crippen molar-refractivity contribution in [2.45, 2.75) is 0 Å². The number of aromatic nitrogens is 4. The summed E-state index contributed by atoms with van der Waals surface area (Å²) in [5.74, 6) is 0. The molecule has 0 atom stereocenters. The molecule has 0 amide bonds. The third-order valence-corrected chi connectivity index (χ3v) is 8.09. The Morgan fingerprint density at radius 3 is 1.35 bits per heavy atom. The van der Waals surface area contributed by atoms with Crippen LogP contribution < -0.4 is 0 Å². The van der Waals surface area contributed by atoms with Gasteiger partial charge in [-0.15, -0.1) is 54.1 Å². The van der Waals surface area contributed by atoms with Crippen molar-refractivity contribution < 1.29 is 20.1 Å². The van der Waals surface area contributed by atoms with Crippen LogP contribution in [0.5, 0.6) is 0 Å². The van der Waals surface area contributed by atoms with E-state index in [0.29, 0.717) is 0 Å². The minimum atomic E-state index is 0. The molecule has 4 nitrogen and oxygen atoms in total. The van der Waals surface area contributed by atoms with Gasteiger partial charge in [-0.2, -0.15) is 12.1 Å². The van der Waals surface area contributed by atoms with Crippen LogP contribution in [0.2, 0.25) is 0 Å². The van der Waals surface area contributed by atoms with Gasteiger partial charge in [0.15, 0.2) is 0 Å². The Hall–Kier alpha value is -6.13. The van der Waals surface area contributed by atoms with E-state index in [4.69, 9.17) is 0 Å². The van der Waals surface area contributed by atoms with Crippen LogP contribution in [0.4, 0.5) is 0 Å². The largest absolute Gasteiger partial charge is 3.00 e. The van der Waals surface area contributed by atoms with E-state index in [-0.39, 0.29) is 20.1 Å². The van der Waals surface area contributed by atoms with Crippen LogP contribution in [0, 0.1) is 12.1 Å². The summed E-state index contributed by atoms with van der Waals surface area (Å²) in [5, 5.41) is 2.26. The number of benzene rings is 5. The molecule has 4 heterocycles. The number of fused-ring (bicyclic) bond motifs is 3. The summed E-state index contributed by atoms with van der Waals surface area (Å²) in [4.78, 5) is 17.7. The van der Waals surface area contributed by atoms with Gasteiger partial charge in [0.05, 0.1) is 11.0 Å². The van der Waals surface area contributed by atoms with Gasteiger partial charge >= 0.3 is 20.1 Å². The van der Waals surface area contributed by atoms with Gasteiger partial charge < -0.3 is 4.98 Å². The van der Waals surface area contributed by atoms with Crippen molar-refractivity contribution in [2.24, 2.45) is 0 Å². The monoisotopic (exact) mass is 833 g/mol. The van der Waals surface area contributed by atoms with Crippen molar-refractivity contribution in [3.8, 4) is 44.8 Å². The van der Waals surface area contributed by atoms with Gasteiger partial charge in [0.25, 0.3) is 0 Å². The normalized spacial score (nSPS) is 10.2. The quantitative estimate of drug-likeness (QED) is 0.131. The molecule has 9 aromatic rings. The molecular formula is C46H32IrN4+. The molecule has 0 aliphatic rings. The van der Waals surface area contributed by atoms with Crippen LogP contribution in [0.25, 0.3) is 66.6 Å². The first-order valence-electron chi connectivity index (χ1n) is 16.4. The van der Waals surface area contributed by atoms with Gasteiger partial charge in [0, 0.05) is 29.4 Å². The van der Waals surface area contributed by atoms with E-state index in [1.807, 2.05) is 109 Å². The molecule has 0 aliphatic heterocycles. The molecule has 0 radical (unpaired) electrons. The molecule has 0 bridgehead atoms. The third kappa shape index (κ3) is 8.54. The summed E-state index contributed by atoms with van der Waals surface area (Å²) in [6, 6.07) is 63.0. The Balaban J connectivity index is 0.000000149. The van der Waals surface area contributed by atoms with E-state index in [9.17, 15) is 0 Å². The fraction of sp³-hybridized carbons (Fsp3) is 0. The van der Waals surface area contributed by atoms with Gasteiger partial charge in [-0.3, -0.25) is 15.0 Å². The Morgan fingerprint density at radius 2 is 0.863 bits per heavy atom. The zero-order valence-corrected chi connectivity index (χ0v) is 30.0. The van der Waals surface area contributed by atoms with Crippen molar-refractivity contribution >= 4 is 21.8 Å². The molecule has 5 heteroatoms. The molecule has 4 aromatic heterocycles. The second kappa shape index (κ2) is 17.5. The van der Waals surface area contributed by atoms with Crippen LogP contribution in [-0.2, 0) is 20.1 Å². The number of rotatable bonds is 4. The summed E-state index contributed by atoms with van der Waals surface area (Å²) in [5.41, 5.74) is 10.7. The molecule has 0 saturated carbocycles. The Kier molecular flexibility index (Phi) is 11.9. The predicted molar refractivity (Wildman–Crippen MR) is 205 cm³/mol. The topological polar surface area (TPSA) is 51.6 Å². The minimum Gasteiger partial charge on any atom is -0.305 e. The van der Waals surface area contributed by atoms with Crippen LogP contribution in [-0.4, -0.2) is 19.9 Å². The van der Waals surface area contributed by atoms with E-state index >= 15 is 0 Å². The van der Waals surface area contributed by atoms with Crippen LogP contribution >= 0.6 is 0 Å². The summed E-state index contributed by atoms with van der Waals surface area (Å²) >= 11 is 0. The Morgan fingerprint density at radius 1 is 0.353 bits per heavy atom. The average Bonchev–Trinajstić information content (AvgIpc) is 3.23. The SMILES string of the molecule is [Ir+3].[c-]1ccccc1-c1ccccn1.[c-]1cccnc1-c1ccccc1.c1ccc(-c2ccnc3c2ccc2c(-c4ccccc4)ccnc23)cc1. The van der Waals surface area contributed by atoms with E-state index < -0.39 is 0 Å². The van der Waals surface area contributed by atoms with Crippen molar-refractivity contribution in [1.82, 2.24) is 19.9 Å². The second-order valence-corrected chi connectivity index (χ2v) is 11.3. The standard InChI is InChI=1S/C24H16N2.2C11H8N.Ir/c1-3-7-17(8-4-1)19-13-15-25-23-21(19)11-12-22-20(14-16-26-24(22)23)18-9-5-2-6-10-18;2*1-2-6-10(7-3-1)11-8-4-5-9-12-11;/h1-16H;1-6,8-9H;1-7,9H;/q;2*-1;+3. The summed E-state index contributed by atoms with van der Waals surface area (Å²) in [6.45, 7) is 0. The van der Waals surface area contributed by atoms with Crippen LogP contribution in [0.3, 0.4) is 0 Å². The first kappa shape index (κ1) is 34.7. The molecule has 0 aliphatic carbocycles. The fourth-order valence-electron chi connectivity index (χ4n) is 5.72. The van der Waals surface area contributed by atoms with E-state index in [2.05, 4.69) is 105 Å². The van der Waals surface area contributed by atoms with Gasteiger partial charge in [0.2, 0.25) is 0 Å². The Bertz CT molecular complexity index is 2140. The molecule has 0 unspecified atom stereocenters. The summed E-state index contributed by atoms with van der Waals surface area (Å²) < 4.78 is 0.